The number of hydrogen-bond acceptors (Lipinski definition) is 1. The Kier molecular flexibility index (Phi) is 3.88. The average Bonchev–Trinajstić information content (AvgIpc) is 2.78. The van der Waals surface area contributed by atoms with Crippen molar-refractivity contribution >= 4 is 45.2 Å². The van der Waals surface area contributed by atoms with Gasteiger partial charge in [-0.15, -0.1) is 11.6 Å². The van der Waals surface area contributed by atoms with Crippen molar-refractivity contribution in [3.63, 3.8) is 0 Å². The molecule has 0 amide bonds. The zero-order valence-electron chi connectivity index (χ0n) is 10.9. The van der Waals surface area contributed by atoms with Crippen LogP contribution in [0.5, 0.6) is 0 Å². The number of benzene rings is 2. The molecule has 0 saturated carbocycles. The fourth-order valence-electron chi connectivity index (χ4n) is 2.27. The molecular formula is C15H10ClF2IN2. The summed E-state index contributed by atoms with van der Waals surface area (Å²) in [6.07, 6.45) is 0. The minimum absolute atomic E-state index is 0.123. The van der Waals surface area contributed by atoms with Gasteiger partial charge in [0.05, 0.1) is 10.9 Å². The second-order valence-corrected chi connectivity index (χ2v) is 6.56. The highest BCUT2D eigenvalue weighted by Crippen LogP contribution is 2.30. The van der Waals surface area contributed by atoms with Crippen LogP contribution in [0.2, 0.25) is 0 Å². The van der Waals surface area contributed by atoms with Gasteiger partial charge >= 0.3 is 0 Å². The Morgan fingerprint density at radius 3 is 2.67 bits per heavy atom. The largest absolute Gasteiger partial charge is 0.295 e. The third-order valence-corrected chi connectivity index (χ3v) is 3.99. The van der Waals surface area contributed by atoms with Gasteiger partial charge in [0.2, 0.25) is 0 Å². The average molecular weight is 419 g/mol. The Labute approximate surface area is 138 Å². The second kappa shape index (κ2) is 5.53. The van der Waals surface area contributed by atoms with E-state index in [1.165, 1.54) is 6.07 Å². The monoisotopic (exact) mass is 418 g/mol. The van der Waals surface area contributed by atoms with Crippen molar-refractivity contribution < 1.29 is 8.78 Å². The number of fused-ring (bicyclic) bond motifs is 1. The molecule has 0 spiro atoms. The molecule has 0 aliphatic heterocycles. The maximum absolute atomic E-state index is 13.9. The fourth-order valence-corrected chi connectivity index (χ4v) is 2.95. The maximum Gasteiger partial charge on any atom is 0.153 e. The summed E-state index contributed by atoms with van der Waals surface area (Å²) in [6.45, 7) is 1.75. The van der Waals surface area contributed by atoms with Gasteiger partial charge in [0.25, 0.3) is 0 Å². The smallest absolute Gasteiger partial charge is 0.153 e. The molecule has 0 saturated heterocycles. The van der Waals surface area contributed by atoms with Crippen LogP contribution in [0.25, 0.3) is 16.7 Å². The molecule has 108 valence electrons. The van der Waals surface area contributed by atoms with E-state index in [-0.39, 0.29) is 5.52 Å². The summed E-state index contributed by atoms with van der Waals surface area (Å²) < 4.78 is 30.2. The van der Waals surface area contributed by atoms with E-state index in [4.69, 9.17) is 11.6 Å². The highest BCUT2D eigenvalue weighted by atomic mass is 127. The molecule has 3 aromatic rings. The number of aromatic nitrogens is 2. The summed E-state index contributed by atoms with van der Waals surface area (Å²) >= 11 is 8.34. The lowest BCUT2D eigenvalue weighted by molar-refractivity contribution is 0.590. The Morgan fingerprint density at radius 2 is 2.00 bits per heavy atom. The summed E-state index contributed by atoms with van der Waals surface area (Å²) in [5, 5.41) is -0.433. The molecule has 3 rings (SSSR count). The second-order valence-electron chi connectivity index (χ2n) is 4.66. The van der Waals surface area contributed by atoms with E-state index in [1.54, 1.807) is 11.5 Å². The van der Waals surface area contributed by atoms with E-state index >= 15 is 0 Å². The normalized spacial score (nSPS) is 12.8. The van der Waals surface area contributed by atoms with Crippen LogP contribution in [0.4, 0.5) is 8.78 Å². The summed E-state index contributed by atoms with van der Waals surface area (Å²) in [6, 6.07) is 9.68. The number of halogens is 4. The van der Waals surface area contributed by atoms with Gasteiger partial charge in [-0.05, 0) is 47.7 Å². The molecule has 2 nitrogen and oxygen atoms in total. The van der Waals surface area contributed by atoms with Crippen molar-refractivity contribution in [3.8, 4) is 5.69 Å². The van der Waals surface area contributed by atoms with Gasteiger partial charge in [-0.2, -0.15) is 0 Å². The summed E-state index contributed by atoms with van der Waals surface area (Å²) in [4.78, 5) is 4.25. The van der Waals surface area contributed by atoms with Crippen LogP contribution < -0.4 is 0 Å². The molecule has 21 heavy (non-hydrogen) atoms. The van der Waals surface area contributed by atoms with Crippen molar-refractivity contribution in [2.75, 3.05) is 0 Å². The summed E-state index contributed by atoms with van der Waals surface area (Å²) in [5.41, 5.74) is 1.27. The van der Waals surface area contributed by atoms with Gasteiger partial charge in [-0.3, -0.25) is 4.57 Å². The summed E-state index contributed by atoms with van der Waals surface area (Å²) in [7, 11) is 0. The van der Waals surface area contributed by atoms with Crippen molar-refractivity contribution in [3.05, 3.63) is 57.4 Å². The third kappa shape index (κ3) is 2.64. The first-order valence-electron chi connectivity index (χ1n) is 6.25. The van der Waals surface area contributed by atoms with E-state index in [1.807, 2.05) is 24.3 Å². The Balaban J connectivity index is 2.41. The molecule has 2 aromatic carbocycles. The zero-order chi connectivity index (χ0) is 15.1. The van der Waals surface area contributed by atoms with Crippen LogP contribution in [0.3, 0.4) is 0 Å². The minimum atomic E-state index is -0.687. The van der Waals surface area contributed by atoms with Crippen LogP contribution in [0.1, 0.15) is 18.1 Å². The maximum atomic E-state index is 13.9. The molecule has 1 unspecified atom stereocenters. The predicted molar refractivity (Wildman–Crippen MR) is 88.0 cm³/mol. The highest BCUT2D eigenvalue weighted by molar-refractivity contribution is 14.1. The topological polar surface area (TPSA) is 17.8 Å². The first kappa shape index (κ1) is 14.7. The van der Waals surface area contributed by atoms with E-state index < -0.39 is 17.0 Å². The van der Waals surface area contributed by atoms with Gasteiger partial charge in [0.1, 0.15) is 17.2 Å². The molecule has 0 aliphatic rings. The molecule has 1 atom stereocenters. The number of rotatable bonds is 2. The van der Waals surface area contributed by atoms with Crippen LogP contribution >= 0.6 is 34.2 Å². The van der Waals surface area contributed by atoms with Crippen molar-refractivity contribution in [2.24, 2.45) is 0 Å². The molecule has 1 heterocycles. The summed E-state index contributed by atoms with van der Waals surface area (Å²) in [5.74, 6) is -0.841. The van der Waals surface area contributed by atoms with Crippen molar-refractivity contribution in [1.29, 1.82) is 0 Å². The van der Waals surface area contributed by atoms with E-state index in [0.29, 0.717) is 11.3 Å². The first-order valence-corrected chi connectivity index (χ1v) is 7.76. The van der Waals surface area contributed by atoms with Crippen LogP contribution in [0.15, 0.2) is 36.4 Å². The van der Waals surface area contributed by atoms with Crippen LogP contribution in [0, 0.1) is 15.2 Å². The van der Waals surface area contributed by atoms with Crippen molar-refractivity contribution in [2.45, 2.75) is 12.3 Å². The third-order valence-electron chi connectivity index (χ3n) is 3.13. The molecule has 6 heteroatoms. The van der Waals surface area contributed by atoms with Crippen LogP contribution in [-0.4, -0.2) is 9.55 Å². The number of alkyl halides is 1. The van der Waals surface area contributed by atoms with Gasteiger partial charge in [-0.1, -0.05) is 6.07 Å². The lowest BCUT2D eigenvalue weighted by atomic mass is 10.2. The first-order chi connectivity index (χ1) is 9.97. The molecule has 0 radical (unpaired) electrons. The zero-order valence-corrected chi connectivity index (χ0v) is 13.9. The predicted octanol–water partition coefficient (Wildman–Crippen LogP) is 5.21. The van der Waals surface area contributed by atoms with Crippen LogP contribution in [-0.2, 0) is 0 Å². The van der Waals surface area contributed by atoms with Gasteiger partial charge < -0.3 is 0 Å². The Hall–Kier alpha value is -1.21. The highest BCUT2D eigenvalue weighted by Gasteiger charge is 2.19. The van der Waals surface area contributed by atoms with Gasteiger partial charge in [0.15, 0.2) is 5.82 Å². The molecule has 1 aromatic heterocycles. The van der Waals surface area contributed by atoms with Gasteiger partial charge in [0, 0.05) is 21.4 Å². The van der Waals surface area contributed by atoms with E-state index in [0.717, 1.165) is 15.3 Å². The minimum Gasteiger partial charge on any atom is -0.295 e. The number of imidazole rings is 1. The van der Waals surface area contributed by atoms with Crippen molar-refractivity contribution in [1.82, 2.24) is 9.55 Å². The molecule has 0 bridgehead atoms. The standard InChI is InChI=1S/C15H10ClF2IN2/c1-8(16)15-20-14-12(18)5-9(17)6-13(14)21(15)11-4-2-3-10(19)7-11/h2-8H,1H3. The SMILES string of the molecule is CC(Cl)c1nc2c(F)cc(F)cc2n1-c1cccc(I)c1. The Morgan fingerprint density at radius 1 is 1.24 bits per heavy atom. The molecule has 0 fully saturated rings. The lowest BCUT2D eigenvalue weighted by Crippen LogP contribution is -2.02. The number of hydrogen-bond donors (Lipinski definition) is 0. The molecular weight excluding hydrogens is 409 g/mol. The van der Waals surface area contributed by atoms with E-state index in [2.05, 4.69) is 27.6 Å². The quantitative estimate of drug-likeness (QED) is 0.413. The molecule has 0 aliphatic carbocycles. The fraction of sp³-hybridized carbons (Fsp3) is 0.133. The lowest BCUT2D eigenvalue weighted by Gasteiger charge is -2.11. The van der Waals surface area contributed by atoms with Gasteiger partial charge in [-0.25, -0.2) is 13.8 Å². The Bertz CT molecular complexity index is 830. The molecule has 0 N–H and O–H groups in total. The number of nitrogens with zero attached hydrogens (tertiary/aromatic N) is 2. The van der Waals surface area contributed by atoms with E-state index in [9.17, 15) is 8.78 Å².